The molecule has 0 bridgehead atoms. The fraction of sp³-hybridized carbons (Fsp3) is 1.00. The van der Waals surface area contributed by atoms with Crippen LogP contribution in [0.5, 0.6) is 0 Å². The standard InChI is InChI=1S/C15H29NO/c1-12-7-6-10-15(11-17,13(12)2)16-14-8-4-3-5-9-14/h12-14,16-17H,3-11H2,1-2H3. The quantitative estimate of drug-likeness (QED) is 0.793. The third-order valence-corrected chi connectivity index (χ3v) is 5.39. The van der Waals surface area contributed by atoms with E-state index in [9.17, 15) is 5.11 Å². The summed E-state index contributed by atoms with van der Waals surface area (Å²) in [5.41, 5.74) is 0.0136. The van der Waals surface area contributed by atoms with E-state index in [1.165, 1.54) is 44.9 Å². The Morgan fingerprint density at radius 2 is 1.76 bits per heavy atom. The van der Waals surface area contributed by atoms with Crippen molar-refractivity contribution < 1.29 is 5.11 Å². The van der Waals surface area contributed by atoms with Gasteiger partial charge < -0.3 is 10.4 Å². The van der Waals surface area contributed by atoms with Gasteiger partial charge in [0, 0.05) is 11.6 Å². The van der Waals surface area contributed by atoms with Gasteiger partial charge in [-0.3, -0.25) is 0 Å². The molecule has 2 nitrogen and oxygen atoms in total. The minimum atomic E-state index is 0.0136. The van der Waals surface area contributed by atoms with E-state index in [2.05, 4.69) is 19.2 Å². The van der Waals surface area contributed by atoms with Crippen molar-refractivity contribution in [2.75, 3.05) is 6.61 Å². The van der Waals surface area contributed by atoms with Gasteiger partial charge in [0.25, 0.3) is 0 Å². The molecule has 0 aromatic heterocycles. The average Bonchev–Trinajstić information content (AvgIpc) is 2.36. The maximum absolute atomic E-state index is 9.90. The number of hydrogen-bond donors (Lipinski definition) is 2. The Labute approximate surface area is 106 Å². The third kappa shape index (κ3) is 2.85. The van der Waals surface area contributed by atoms with Crippen LogP contribution in [0, 0.1) is 11.8 Å². The summed E-state index contributed by atoms with van der Waals surface area (Å²) in [5.74, 6) is 1.34. The summed E-state index contributed by atoms with van der Waals surface area (Å²) in [6.07, 6.45) is 10.5. The second-order valence-electron chi connectivity index (χ2n) is 6.45. The highest BCUT2D eigenvalue weighted by atomic mass is 16.3. The van der Waals surface area contributed by atoms with Crippen LogP contribution >= 0.6 is 0 Å². The molecule has 100 valence electrons. The molecule has 2 fully saturated rings. The fourth-order valence-corrected chi connectivity index (χ4v) is 3.89. The molecule has 0 aromatic rings. The Kier molecular flexibility index (Phi) is 4.48. The van der Waals surface area contributed by atoms with Crippen LogP contribution in [-0.4, -0.2) is 23.3 Å². The molecule has 0 aromatic carbocycles. The van der Waals surface area contributed by atoms with E-state index in [0.29, 0.717) is 18.6 Å². The second-order valence-corrected chi connectivity index (χ2v) is 6.45. The Hall–Kier alpha value is -0.0800. The molecular weight excluding hydrogens is 210 g/mol. The molecule has 3 atom stereocenters. The van der Waals surface area contributed by atoms with Crippen LogP contribution in [0.25, 0.3) is 0 Å². The summed E-state index contributed by atoms with van der Waals surface area (Å²) < 4.78 is 0. The minimum Gasteiger partial charge on any atom is -0.394 e. The molecule has 2 aliphatic carbocycles. The van der Waals surface area contributed by atoms with Gasteiger partial charge in [-0.1, -0.05) is 46.0 Å². The molecular formula is C15H29NO. The lowest BCUT2D eigenvalue weighted by Crippen LogP contribution is -2.60. The van der Waals surface area contributed by atoms with Crippen molar-refractivity contribution >= 4 is 0 Å². The zero-order valence-electron chi connectivity index (χ0n) is 11.5. The van der Waals surface area contributed by atoms with Crippen molar-refractivity contribution in [3.8, 4) is 0 Å². The van der Waals surface area contributed by atoms with Crippen LogP contribution in [0.1, 0.15) is 65.2 Å². The van der Waals surface area contributed by atoms with Crippen molar-refractivity contribution in [1.29, 1.82) is 0 Å². The van der Waals surface area contributed by atoms with E-state index in [-0.39, 0.29) is 5.54 Å². The molecule has 17 heavy (non-hydrogen) atoms. The molecule has 2 rings (SSSR count). The lowest BCUT2D eigenvalue weighted by molar-refractivity contribution is 0.0315. The molecule has 0 spiro atoms. The first kappa shape index (κ1) is 13.4. The number of hydrogen-bond acceptors (Lipinski definition) is 2. The predicted molar refractivity (Wildman–Crippen MR) is 72.0 cm³/mol. The van der Waals surface area contributed by atoms with Crippen molar-refractivity contribution in [2.45, 2.75) is 76.8 Å². The van der Waals surface area contributed by atoms with Gasteiger partial charge in [0.1, 0.15) is 0 Å². The highest BCUT2D eigenvalue weighted by molar-refractivity contribution is 4.99. The summed E-state index contributed by atoms with van der Waals surface area (Å²) in [6, 6.07) is 0.656. The molecule has 2 N–H and O–H groups in total. The summed E-state index contributed by atoms with van der Waals surface area (Å²) in [7, 11) is 0. The van der Waals surface area contributed by atoms with Crippen LogP contribution in [0.4, 0.5) is 0 Å². The monoisotopic (exact) mass is 239 g/mol. The van der Waals surface area contributed by atoms with Gasteiger partial charge in [-0.25, -0.2) is 0 Å². The Morgan fingerprint density at radius 3 is 2.41 bits per heavy atom. The van der Waals surface area contributed by atoms with Gasteiger partial charge in [0.15, 0.2) is 0 Å². The number of nitrogens with one attached hydrogen (secondary N) is 1. The molecule has 2 saturated carbocycles. The lowest BCUT2D eigenvalue weighted by atomic mass is 9.68. The van der Waals surface area contributed by atoms with E-state index in [0.717, 1.165) is 12.3 Å². The molecule has 2 heteroatoms. The Morgan fingerprint density at radius 1 is 1.06 bits per heavy atom. The predicted octanol–water partition coefficient (Wildman–Crippen LogP) is 3.10. The second kappa shape index (κ2) is 5.71. The largest absolute Gasteiger partial charge is 0.394 e. The molecule has 3 unspecified atom stereocenters. The van der Waals surface area contributed by atoms with E-state index < -0.39 is 0 Å². The lowest BCUT2D eigenvalue weighted by Gasteiger charge is -2.48. The van der Waals surface area contributed by atoms with Crippen molar-refractivity contribution in [1.82, 2.24) is 5.32 Å². The Bertz CT molecular complexity index is 237. The third-order valence-electron chi connectivity index (χ3n) is 5.39. The van der Waals surface area contributed by atoms with Crippen LogP contribution in [-0.2, 0) is 0 Å². The molecule has 0 amide bonds. The van der Waals surface area contributed by atoms with Crippen molar-refractivity contribution in [3.05, 3.63) is 0 Å². The zero-order chi connectivity index (χ0) is 12.3. The topological polar surface area (TPSA) is 32.3 Å². The van der Waals surface area contributed by atoms with E-state index in [4.69, 9.17) is 0 Å². The molecule has 0 heterocycles. The van der Waals surface area contributed by atoms with Gasteiger partial charge in [0.05, 0.1) is 6.61 Å². The maximum atomic E-state index is 9.90. The van der Waals surface area contributed by atoms with E-state index >= 15 is 0 Å². The molecule has 0 saturated heterocycles. The molecule has 0 radical (unpaired) electrons. The average molecular weight is 239 g/mol. The molecule has 2 aliphatic rings. The van der Waals surface area contributed by atoms with Gasteiger partial charge in [0.2, 0.25) is 0 Å². The van der Waals surface area contributed by atoms with Crippen LogP contribution < -0.4 is 5.32 Å². The number of rotatable bonds is 3. The Balaban J connectivity index is 2.01. The molecule has 0 aliphatic heterocycles. The summed E-state index contributed by atoms with van der Waals surface area (Å²) in [6.45, 7) is 4.99. The minimum absolute atomic E-state index is 0.0136. The first-order valence-corrected chi connectivity index (χ1v) is 7.56. The highest BCUT2D eigenvalue weighted by Gasteiger charge is 2.42. The number of aliphatic hydroxyl groups excluding tert-OH is 1. The van der Waals surface area contributed by atoms with Gasteiger partial charge in [-0.05, 0) is 31.1 Å². The smallest absolute Gasteiger partial charge is 0.0616 e. The van der Waals surface area contributed by atoms with Crippen LogP contribution in [0.3, 0.4) is 0 Å². The first-order chi connectivity index (χ1) is 8.18. The van der Waals surface area contributed by atoms with Crippen LogP contribution in [0.2, 0.25) is 0 Å². The number of aliphatic hydroxyl groups is 1. The van der Waals surface area contributed by atoms with E-state index in [1.807, 2.05) is 0 Å². The van der Waals surface area contributed by atoms with Crippen molar-refractivity contribution in [2.24, 2.45) is 11.8 Å². The summed E-state index contributed by atoms with van der Waals surface area (Å²) >= 11 is 0. The van der Waals surface area contributed by atoms with E-state index in [1.54, 1.807) is 0 Å². The summed E-state index contributed by atoms with van der Waals surface area (Å²) in [5, 5.41) is 13.7. The van der Waals surface area contributed by atoms with Crippen molar-refractivity contribution in [3.63, 3.8) is 0 Å². The fourth-order valence-electron chi connectivity index (χ4n) is 3.89. The van der Waals surface area contributed by atoms with Gasteiger partial charge in [-0.2, -0.15) is 0 Å². The highest BCUT2D eigenvalue weighted by Crippen LogP contribution is 2.38. The maximum Gasteiger partial charge on any atom is 0.0616 e. The normalized spacial score (nSPS) is 40.4. The SMILES string of the molecule is CC1CCCC(CO)(NC2CCCCC2)C1C. The zero-order valence-corrected chi connectivity index (χ0v) is 11.5. The van der Waals surface area contributed by atoms with Gasteiger partial charge >= 0.3 is 0 Å². The van der Waals surface area contributed by atoms with Crippen LogP contribution in [0.15, 0.2) is 0 Å². The first-order valence-electron chi connectivity index (χ1n) is 7.56. The van der Waals surface area contributed by atoms with Gasteiger partial charge in [-0.15, -0.1) is 0 Å². The summed E-state index contributed by atoms with van der Waals surface area (Å²) in [4.78, 5) is 0.